The smallest absolute Gasteiger partial charge is 0.103 e. The van der Waals surface area contributed by atoms with E-state index in [0.29, 0.717) is 5.92 Å². The molecule has 1 unspecified atom stereocenters. The first kappa shape index (κ1) is 9.16. The van der Waals surface area contributed by atoms with E-state index in [0.717, 1.165) is 11.3 Å². The number of aromatic nitrogens is 1. The van der Waals surface area contributed by atoms with Gasteiger partial charge in [0.2, 0.25) is 0 Å². The topological polar surface area (TPSA) is 33.1 Å². The largest absolute Gasteiger partial charge is 0.384 e. The molecule has 0 aliphatic heterocycles. The van der Waals surface area contributed by atoms with E-state index in [4.69, 9.17) is 0 Å². The Morgan fingerprint density at radius 2 is 2.46 bits per heavy atom. The van der Waals surface area contributed by atoms with Crippen molar-refractivity contribution in [2.75, 3.05) is 0 Å². The summed E-state index contributed by atoms with van der Waals surface area (Å²) in [6.07, 6.45) is 6.19. The van der Waals surface area contributed by atoms with Crippen LogP contribution in [0.5, 0.6) is 0 Å². The maximum atomic E-state index is 10.5. The molecule has 1 aliphatic carbocycles. The van der Waals surface area contributed by atoms with Crippen LogP contribution in [-0.4, -0.2) is 9.48 Å². The van der Waals surface area contributed by atoms with Crippen molar-refractivity contribution in [3.63, 3.8) is 0 Å². The van der Waals surface area contributed by atoms with E-state index in [9.17, 15) is 5.11 Å². The predicted octanol–water partition coefficient (Wildman–Crippen LogP) is 2.54. The third-order valence-electron chi connectivity index (χ3n) is 3.18. The molecule has 1 N–H and O–H groups in total. The Hall–Kier alpha value is -0.410. The average molecular weight is 197 g/mol. The Morgan fingerprint density at radius 3 is 2.85 bits per heavy atom. The van der Waals surface area contributed by atoms with Crippen molar-refractivity contribution < 1.29 is 5.11 Å². The Labute approximate surface area is 82.8 Å². The van der Waals surface area contributed by atoms with Gasteiger partial charge in [0.1, 0.15) is 5.60 Å². The third-order valence-corrected chi connectivity index (χ3v) is 4.10. The number of hydrogen-bond donors (Lipinski definition) is 1. The summed E-state index contributed by atoms with van der Waals surface area (Å²) in [5, 5.41) is 10.5. The van der Waals surface area contributed by atoms with E-state index >= 15 is 0 Å². The SMILES string of the molecule is CCC(O)(c1ccns1)C1CCC1. The van der Waals surface area contributed by atoms with Crippen LogP contribution < -0.4 is 0 Å². The lowest BCUT2D eigenvalue weighted by Gasteiger charge is -2.40. The summed E-state index contributed by atoms with van der Waals surface area (Å²) in [5.41, 5.74) is -0.584. The predicted molar refractivity (Wildman–Crippen MR) is 53.6 cm³/mol. The molecule has 1 fully saturated rings. The Morgan fingerprint density at radius 1 is 1.69 bits per heavy atom. The van der Waals surface area contributed by atoms with Gasteiger partial charge in [-0.3, -0.25) is 0 Å². The van der Waals surface area contributed by atoms with Gasteiger partial charge in [-0.2, -0.15) is 0 Å². The number of nitrogens with zero attached hydrogens (tertiary/aromatic N) is 1. The van der Waals surface area contributed by atoms with Crippen molar-refractivity contribution in [1.82, 2.24) is 4.37 Å². The Balaban J connectivity index is 2.23. The Kier molecular flexibility index (Phi) is 2.39. The second-order valence-corrected chi connectivity index (χ2v) is 4.62. The Bertz CT molecular complexity index is 268. The molecule has 2 rings (SSSR count). The maximum absolute atomic E-state index is 10.5. The van der Waals surface area contributed by atoms with Gasteiger partial charge in [-0.05, 0) is 42.8 Å². The highest BCUT2D eigenvalue weighted by Crippen LogP contribution is 2.45. The van der Waals surface area contributed by atoms with Crippen LogP contribution in [0.3, 0.4) is 0 Å². The molecular weight excluding hydrogens is 182 g/mol. The van der Waals surface area contributed by atoms with Crippen LogP contribution in [0.25, 0.3) is 0 Å². The van der Waals surface area contributed by atoms with Crippen LogP contribution in [0, 0.1) is 5.92 Å². The summed E-state index contributed by atoms with van der Waals surface area (Å²) in [4.78, 5) is 1.04. The van der Waals surface area contributed by atoms with E-state index in [2.05, 4.69) is 11.3 Å². The summed E-state index contributed by atoms with van der Waals surface area (Å²) in [6.45, 7) is 2.05. The van der Waals surface area contributed by atoms with Gasteiger partial charge in [0.05, 0.1) is 4.88 Å². The molecule has 0 radical (unpaired) electrons. The summed E-state index contributed by atoms with van der Waals surface area (Å²) < 4.78 is 4.06. The molecule has 0 amide bonds. The zero-order chi connectivity index (χ0) is 9.31. The van der Waals surface area contributed by atoms with Gasteiger partial charge in [0, 0.05) is 6.20 Å². The first-order valence-corrected chi connectivity index (χ1v) is 5.68. The normalized spacial score (nSPS) is 22.3. The fourth-order valence-corrected chi connectivity index (χ4v) is 2.82. The fraction of sp³-hybridized carbons (Fsp3) is 0.700. The third kappa shape index (κ3) is 1.40. The van der Waals surface area contributed by atoms with Gasteiger partial charge < -0.3 is 5.11 Å². The highest BCUT2D eigenvalue weighted by atomic mass is 32.1. The number of aliphatic hydroxyl groups is 1. The molecule has 1 aromatic rings. The molecule has 1 atom stereocenters. The summed E-state index contributed by atoms with van der Waals surface area (Å²) in [7, 11) is 0. The average Bonchev–Trinajstić information content (AvgIpc) is 2.52. The first-order valence-electron chi connectivity index (χ1n) is 4.91. The monoisotopic (exact) mass is 197 g/mol. The lowest BCUT2D eigenvalue weighted by molar-refractivity contribution is -0.0565. The van der Waals surface area contributed by atoms with E-state index in [1.807, 2.05) is 6.07 Å². The quantitative estimate of drug-likeness (QED) is 0.807. The zero-order valence-corrected chi connectivity index (χ0v) is 8.68. The van der Waals surface area contributed by atoms with Crippen molar-refractivity contribution in [3.8, 4) is 0 Å². The van der Waals surface area contributed by atoms with Crippen molar-refractivity contribution in [2.45, 2.75) is 38.2 Å². The molecule has 1 heterocycles. The standard InChI is InChI=1S/C10H15NOS/c1-2-10(12,8-4-3-5-8)9-6-7-11-13-9/h6-8,12H,2-5H2,1H3. The van der Waals surface area contributed by atoms with Crippen molar-refractivity contribution in [2.24, 2.45) is 5.92 Å². The van der Waals surface area contributed by atoms with Crippen molar-refractivity contribution >= 4 is 11.5 Å². The van der Waals surface area contributed by atoms with E-state index in [1.54, 1.807) is 6.20 Å². The minimum atomic E-state index is -0.584. The minimum absolute atomic E-state index is 0.470. The van der Waals surface area contributed by atoms with E-state index < -0.39 is 5.60 Å². The van der Waals surface area contributed by atoms with E-state index in [-0.39, 0.29) is 0 Å². The molecule has 72 valence electrons. The zero-order valence-electron chi connectivity index (χ0n) is 7.86. The first-order chi connectivity index (χ1) is 6.27. The van der Waals surface area contributed by atoms with Gasteiger partial charge in [-0.15, -0.1) is 0 Å². The van der Waals surface area contributed by atoms with Crippen LogP contribution in [0.2, 0.25) is 0 Å². The van der Waals surface area contributed by atoms with Crippen molar-refractivity contribution in [3.05, 3.63) is 17.1 Å². The summed E-state index contributed by atoms with van der Waals surface area (Å²) >= 11 is 1.43. The number of hydrogen-bond acceptors (Lipinski definition) is 3. The van der Waals surface area contributed by atoms with Gasteiger partial charge >= 0.3 is 0 Å². The second-order valence-electron chi connectivity index (χ2n) is 3.78. The molecule has 0 saturated heterocycles. The lowest BCUT2D eigenvalue weighted by Crippen LogP contribution is -2.37. The molecule has 0 bridgehead atoms. The molecule has 2 nitrogen and oxygen atoms in total. The van der Waals surface area contributed by atoms with Crippen LogP contribution in [0.15, 0.2) is 12.3 Å². The summed E-state index contributed by atoms with van der Waals surface area (Å²) in [5.74, 6) is 0.470. The lowest BCUT2D eigenvalue weighted by atomic mass is 9.71. The molecule has 0 aromatic carbocycles. The van der Waals surface area contributed by atoms with Crippen molar-refractivity contribution in [1.29, 1.82) is 0 Å². The van der Waals surface area contributed by atoms with E-state index in [1.165, 1.54) is 30.8 Å². The number of rotatable bonds is 3. The highest BCUT2D eigenvalue weighted by Gasteiger charge is 2.41. The second kappa shape index (κ2) is 3.39. The molecular formula is C10H15NOS. The molecule has 3 heteroatoms. The highest BCUT2D eigenvalue weighted by molar-refractivity contribution is 7.05. The fourth-order valence-electron chi connectivity index (χ4n) is 1.99. The van der Waals surface area contributed by atoms with Crippen LogP contribution in [0.1, 0.15) is 37.5 Å². The molecule has 0 spiro atoms. The van der Waals surface area contributed by atoms with Crippen LogP contribution in [0.4, 0.5) is 0 Å². The molecule has 1 aliphatic rings. The van der Waals surface area contributed by atoms with Gasteiger partial charge in [0.25, 0.3) is 0 Å². The van der Waals surface area contributed by atoms with Crippen LogP contribution >= 0.6 is 11.5 Å². The van der Waals surface area contributed by atoms with Gasteiger partial charge in [-0.25, -0.2) is 4.37 Å². The summed E-state index contributed by atoms with van der Waals surface area (Å²) in [6, 6.07) is 1.95. The molecule has 13 heavy (non-hydrogen) atoms. The minimum Gasteiger partial charge on any atom is -0.384 e. The van der Waals surface area contributed by atoms with Gasteiger partial charge in [-0.1, -0.05) is 13.3 Å². The molecule has 1 aromatic heterocycles. The maximum Gasteiger partial charge on any atom is 0.103 e. The van der Waals surface area contributed by atoms with Crippen LogP contribution in [-0.2, 0) is 5.60 Å². The van der Waals surface area contributed by atoms with Gasteiger partial charge in [0.15, 0.2) is 0 Å². The molecule has 1 saturated carbocycles.